The first-order valence-electron chi connectivity index (χ1n) is 7.17. The molecule has 1 heterocycles. The van der Waals surface area contributed by atoms with Gasteiger partial charge in [-0.25, -0.2) is 0 Å². The average Bonchev–Trinajstić information content (AvgIpc) is 2.43. The van der Waals surface area contributed by atoms with E-state index in [0.29, 0.717) is 11.8 Å². The summed E-state index contributed by atoms with van der Waals surface area (Å²) in [5.74, 6) is 0.654. The van der Waals surface area contributed by atoms with E-state index in [4.69, 9.17) is 14.6 Å². The van der Waals surface area contributed by atoms with Crippen molar-refractivity contribution in [1.82, 2.24) is 0 Å². The largest absolute Gasteiger partial charge is 0.396 e. The van der Waals surface area contributed by atoms with E-state index in [1.807, 2.05) is 6.08 Å². The molecule has 0 bridgehead atoms. The lowest BCUT2D eigenvalue weighted by Crippen LogP contribution is -2.31. The highest BCUT2D eigenvalue weighted by Gasteiger charge is 2.23. The van der Waals surface area contributed by atoms with Crippen LogP contribution < -0.4 is 0 Å². The summed E-state index contributed by atoms with van der Waals surface area (Å²) in [4.78, 5) is 0. The number of rotatable bonds is 8. The van der Waals surface area contributed by atoms with Gasteiger partial charge in [-0.1, -0.05) is 19.9 Å². The van der Waals surface area contributed by atoms with Gasteiger partial charge in [0, 0.05) is 19.1 Å². The molecule has 0 aromatic carbocycles. The van der Waals surface area contributed by atoms with Crippen LogP contribution in [0.25, 0.3) is 0 Å². The van der Waals surface area contributed by atoms with Crippen molar-refractivity contribution in [2.75, 3.05) is 13.2 Å². The fourth-order valence-corrected chi connectivity index (χ4v) is 2.16. The molecule has 1 aliphatic heterocycles. The number of hydrogen-bond acceptors (Lipinski definition) is 3. The van der Waals surface area contributed by atoms with Gasteiger partial charge in [-0.15, -0.1) is 6.58 Å². The fourth-order valence-electron chi connectivity index (χ4n) is 2.16. The summed E-state index contributed by atoms with van der Waals surface area (Å²) in [5.41, 5.74) is 0. The molecule has 0 radical (unpaired) electrons. The van der Waals surface area contributed by atoms with Crippen molar-refractivity contribution < 1.29 is 14.6 Å². The quantitative estimate of drug-likeness (QED) is 0.678. The summed E-state index contributed by atoms with van der Waals surface area (Å²) in [7, 11) is 0. The Kier molecular flexibility index (Phi) is 7.56. The smallest absolute Gasteiger partial charge is 0.157 e. The van der Waals surface area contributed by atoms with Crippen molar-refractivity contribution >= 4 is 0 Å². The maximum atomic E-state index is 9.08. The Labute approximate surface area is 111 Å². The van der Waals surface area contributed by atoms with Gasteiger partial charge < -0.3 is 14.6 Å². The third kappa shape index (κ3) is 5.51. The Bertz CT molecular complexity index is 224. The Hall–Kier alpha value is -0.380. The number of ether oxygens (including phenoxy) is 2. The lowest BCUT2D eigenvalue weighted by Gasteiger charge is -2.30. The van der Waals surface area contributed by atoms with E-state index in [1.54, 1.807) is 0 Å². The highest BCUT2D eigenvalue weighted by atomic mass is 16.7. The predicted octanol–water partition coefficient (Wildman–Crippen LogP) is 3.13. The molecule has 0 aromatic heterocycles. The first-order valence-corrected chi connectivity index (χ1v) is 7.17. The second kappa shape index (κ2) is 8.68. The monoisotopic (exact) mass is 256 g/mol. The Morgan fingerprint density at radius 1 is 1.39 bits per heavy atom. The maximum Gasteiger partial charge on any atom is 0.157 e. The standard InChI is InChI=1S/C15H28O3/c1-4-13(3)14(9-8-12(2)11-16)18-15-7-5-6-10-17-15/h4,12-16H,1,5-11H2,2-3H3/t12-,13-,14+,15?/m1/s1. The first kappa shape index (κ1) is 15.7. The van der Waals surface area contributed by atoms with Gasteiger partial charge in [-0.2, -0.15) is 0 Å². The molecule has 1 aliphatic rings. The van der Waals surface area contributed by atoms with E-state index >= 15 is 0 Å². The molecule has 1 saturated heterocycles. The second-order valence-corrected chi connectivity index (χ2v) is 5.43. The van der Waals surface area contributed by atoms with Crippen molar-refractivity contribution in [1.29, 1.82) is 0 Å². The molecule has 1 rings (SSSR count). The number of hydrogen-bond donors (Lipinski definition) is 1. The Morgan fingerprint density at radius 2 is 2.17 bits per heavy atom. The molecule has 0 saturated carbocycles. The van der Waals surface area contributed by atoms with Crippen LogP contribution in [-0.2, 0) is 9.47 Å². The first-order chi connectivity index (χ1) is 8.67. The molecule has 0 spiro atoms. The minimum absolute atomic E-state index is 0.0458. The summed E-state index contributed by atoms with van der Waals surface area (Å²) >= 11 is 0. The highest BCUT2D eigenvalue weighted by molar-refractivity contribution is 4.83. The lowest BCUT2D eigenvalue weighted by atomic mass is 9.96. The van der Waals surface area contributed by atoms with Crippen LogP contribution in [0.1, 0.15) is 46.0 Å². The average molecular weight is 256 g/mol. The predicted molar refractivity (Wildman–Crippen MR) is 73.3 cm³/mol. The van der Waals surface area contributed by atoms with Gasteiger partial charge in [-0.3, -0.25) is 0 Å². The zero-order chi connectivity index (χ0) is 13.4. The van der Waals surface area contributed by atoms with Gasteiger partial charge in [0.1, 0.15) is 0 Å². The van der Waals surface area contributed by atoms with Crippen molar-refractivity contribution in [2.24, 2.45) is 11.8 Å². The van der Waals surface area contributed by atoms with Gasteiger partial charge in [0.2, 0.25) is 0 Å². The second-order valence-electron chi connectivity index (χ2n) is 5.43. The molecule has 4 atom stereocenters. The molecule has 18 heavy (non-hydrogen) atoms. The third-order valence-corrected chi connectivity index (χ3v) is 3.68. The SMILES string of the molecule is C=C[C@@H](C)[C@H](CC[C@@H](C)CO)OC1CCCCO1. The molecule has 0 aromatic rings. The van der Waals surface area contributed by atoms with Crippen LogP contribution in [0.15, 0.2) is 12.7 Å². The summed E-state index contributed by atoms with van der Waals surface area (Å²) in [5, 5.41) is 9.08. The van der Waals surface area contributed by atoms with Crippen molar-refractivity contribution in [3.63, 3.8) is 0 Å². The zero-order valence-corrected chi connectivity index (χ0v) is 11.8. The van der Waals surface area contributed by atoms with Crippen LogP contribution >= 0.6 is 0 Å². The van der Waals surface area contributed by atoms with Crippen LogP contribution in [0, 0.1) is 11.8 Å². The lowest BCUT2D eigenvalue weighted by molar-refractivity contribution is -0.196. The van der Waals surface area contributed by atoms with Crippen LogP contribution in [0.3, 0.4) is 0 Å². The molecule has 1 fully saturated rings. The zero-order valence-electron chi connectivity index (χ0n) is 11.8. The van der Waals surface area contributed by atoms with Crippen LogP contribution in [-0.4, -0.2) is 30.7 Å². The summed E-state index contributed by atoms with van der Waals surface area (Å²) in [6.07, 6.45) is 7.30. The highest BCUT2D eigenvalue weighted by Crippen LogP contribution is 2.23. The number of aliphatic hydroxyl groups excluding tert-OH is 1. The summed E-state index contributed by atoms with van der Waals surface area (Å²) in [6, 6.07) is 0. The Balaban J connectivity index is 2.41. The molecule has 0 aliphatic carbocycles. The Morgan fingerprint density at radius 3 is 2.72 bits per heavy atom. The van der Waals surface area contributed by atoms with Crippen LogP contribution in [0.2, 0.25) is 0 Å². The topological polar surface area (TPSA) is 38.7 Å². The summed E-state index contributed by atoms with van der Waals surface area (Å²) in [6.45, 7) is 9.10. The van der Waals surface area contributed by atoms with Crippen molar-refractivity contribution in [2.45, 2.75) is 58.3 Å². The van der Waals surface area contributed by atoms with E-state index in [-0.39, 0.29) is 19.0 Å². The normalized spacial score (nSPS) is 25.4. The third-order valence-electron chi connectivity index (χ3n) is 3.68. The van der Waals surface area contributed by atoms with Crippen LogP contribution in [0.5, 0.6) is 0 Å². The molecule has 3 heteroatoms. The van der Waals surface area contributed by atoms with E-state index < -0.39 is 0 Å². The van der Waals surface area contributed by atoms with Crippen LogP contribution in [0.4, 0.5) is 0 Å². The molecule has 1 unspecified atom stereocenters. The fraction of sp³-hybridized carbons (Fsp3) is 0.867. The molecule has 106 valence electrons. The van der Waals surface area contributed by atoms with E-state index in [9.17, 15) is 0 Å². The molecule has 1 N–H and O–H groups in total. The van der Waals surface area contributed by atoms with Gasteiger partial charge in [0.25, 0.3) is 0 Å². The van der Waals surface area contributed by atoms with Gasteiger partial charge in [0.15, 0.2) is 6.29 Å². The van der Waals surface area contributed by atoms with E-state index in [0.717, 1.165) is 32.3 Å². The van der Waals surface area contributed by atoms with E-state index in [2.05, 4.69) is 20.4 Å². The van der Waals surface area contributed by atoms with E-state index in [1.165, 1.54) is 6.42 Å². The molecular weight excluding hydrogens is 228 g/mol. The number of aliphatic hydroxyl groups is 1. The minimum Gasteiger partial charge on any atom is -0.396 e. The van der Waals surface area contributed by atoms with Gasteiger partial charge in [-0.05, 0) is 38.0 Å². The van der Waals surface area contributed by atoms with Gasteiger partial charge >= 0.3 is 0 Å². The van der Waals surface area contributed by atoms with Gasteiger partial charge in [0.05, 0.1) is 6.10 Å². The molecular formula is C15H28O3. The molecule has 0 amide bonds. The van der Waals surface area contributed by atoms with Crippen molar-refractivity contribution in [3.05, 3.63) is 12.7 Å². The minimum atomic E-state index is -0.0458. The van der Waals surface area contributed by atoms with Crippen molar-refractivity contribution in [3.8, 4) is 0 Å². The maximum absolute atomic E-state index is 9.08. The summed E-state index contributed by atoms with van der Waals surface area (Å²) < 4.78 is 11.7. The molecule has 3 nitrogen and oxygen atoms in total.